The third-order valence-electron chi connectivity index (χ3n) is 3.24. The van der Waals surface area contributed by atoms with Crippen LogP contribution in [-0.2, 0) is 9.59 Å². The van der Waals surface area contributed by atoms with Crippen molar-refractivity contribution >= 4 is 17.5 Å². The summed E-state index contributed by atoms with van der Waals surface area (Å²) in [7, 11) is 3.09. The van der Waals surface area contributed by atoms with Gasteiger partial charge in [0.15, 0.2) is 0 Å². The molecule has 0 bridgehead atoms. The summed E-state index contributed by atoms with van der Waals surface area (Å²) in [6.07, 6.45) is 0. The number of rotatable bonds is 9. The summed E-state index contributed by atoms with van der Waals surface area (Å²) in [5.74, 6) is 0.852. The van der Waals surface area contributed by atoms with Gasteiger partial charge >= 0.3 is 0 Å². The van der Waals surface area contributed by atoms with Crippen molar-refractivity contribution < 1.29 is 19.1 Å². The number of amides is 2. The van der Waals surface area contributed by atoms with Crippen LogP contribution in [0.1, 0.15) is 13.8 Å². The molecule has 0 unspecified atom stereocenters. The quantitative estimate of drug-likeness (QED) is 0.711. The van der Waals surface area contributed by atoms with Crippen molar-refractivity contribution in [2.24, 2.45) is 0 Å². The molecule has 0 spiro atoms. The molecule has 0 heterocycles. The highest BCUT2D eigenvalue weighted by molar-refractivity contribution is 5.94. The number of anilines is 1. The number of nitrogens with zero attached hydrogens (tertiary/aromatic N) is 1. The Kier molecular flexibility index (Phi) is 7.90. The molecule has 128 valence electrons. The van der Waals surface area contributed by atoms with Crippen LogP contribution >= 0.6 is 0 Å². The van der Waals surface area contributed by atoms with Crippen LogP contribution in [0.25, 0.3) is 0 Å². The first-order chi connectivity index (χ1) is 11.0. The Balaban J connectivity index is 2.69. The molecule has 0 radical (unpaired) electrons. The number of methoxy groups -OCH3 is 2. The molecule has 1 aromatic rings. The summed E-state index contributed by atoms with van der Waals surface area (Å²) in [5, 5.41) is 5.51. The molecule has 1 rings (SSSR count). The number of hydrogen-bond acceptors (Lipinski definition) is 5. The van der Waals surface area contributed by atoms with E-state index in [-0.39, 0.29) is 24.9 Å². The molecule has 0 aliphatic carbocycles. The van der Waals surface area contributed by atoms with E-state index in [0.29, 0.717) is 30.3 Å². The highest BCUT2D eigenvalue weighted by Crippen LogP contribution is 2.28. The van der Waals surface area contributed by atoms with Crippen LogP contribution in [0.4, 0.5) is 5.69 Å². The molecule has 0 aliphatic heterocycles. The van der Waals surface area contributed by atoms with Crippen molar-refractivity contribution in [1.29, 1.82) is 0 Å². The second-order valence-corrected chi connectivity index (χ2v) is 4.87. The highest BCUT2D eigenvalue weighted by atomic mass is 16.5. The summed E-state index contributed by atoms with van der Waals surface area (Å²) in [6.45, 7) is 5.24. The normalized spacial score (nSPS) is 10.3. The lowest BCUT2D eigenvalue weighted by Crippen LogP contribution is -2.41. The standard InChI is InChI=1S/C16H25N3O4/c1-5-17-15(20)10-19(6-2)11-16(21)18-13-9-12(22-3)7-8-14(13)23-4/h7-9H,5-6,10-11H2,1-4H3,(H,17,20)(H,18,21). The van der Waals surface area contributed by atoms with E-state index in [4.69, 9.17) is 9.47 Å². The van der Waals surface area contributed by atoms with E-state index in [0.717, 1.165) is 0 Å². The predicted octanol–water partition coefficient (Wildman–Crippen LogP) is 1.10. The number of carbonyl (C=O) groups is 2. The van der Waals surface area contributed by atoms with Gasteiger partial charge in [0.05, 0.1) is 33.0 Å². The van der Waals surface area contributed by atoms with Gasteiger partial charge in [-0.2, -0.15) is 0 Å². The van der Waals surface area contributed by atoms with Crippen molar-refractivity contribution in [3.05, 3.63) is 18.2 Å². The Bertz CT molecular complexity index is 534. The molecule has 2 N–H and O–H groups in total. The Labute approximate surface area is 136 Å². The van der Waals surface area contributed by atoms with Crippen molar-refractivity contribution in [3.63, 3.8) is 0 Å². The van der Waals surface area contributed by atoms with Gasteiger partial charge in [-0.3, -0.25) is 14.5 Å². The van der Waals surface area contributed by atoms with E-state index < -0.39 is 0 Å². The van der Waals surface area contributed by atoms with E-state index >= 15 is 0 Å². The maximum absolute atomic E-state index is 12.2. The van der Waals surface area contributed by atoms with Crippen LogP contribution in [0.2, 0.25) is 0 Å². The lowest BCUT2D eigenvalue weighted by molar-refractivity contribution is -0.123. The average Bonchev–Trinajstić information content (AvgIpc) is 2.54. The molecular formula is C16H25N3O4. The largest absolute Gasteiger partial charge is 0.497 e. The lowest BCUT2D eigenvalue weighted by Gasteiger charge is -2.19. The molecule has 0 aliphatic rings. The van der Waals surface area contributed by atoms with Gasteiger partial charge in [0.1, 0.15) is 11.5 Å². The van der Waals surface area contributed by atoms with Crippen molar-refractivity contribution in [2.75, 3.05) is 45.7 Å². The zero-order valence-electron chi connectivity index (χ0n) is 14.1. The zero-order valence-corrected chi connectivity index (χ0v) is 14.1. The van der Waals surface area contributed by atoms with E-state index in [2.05, 4.69) is 10.6 Å². The first-order valence-corrected chi connectivity index (χ1v) is 7.54. The molecule has 0 fully saturated rings. The summed E-state index contributed by atoms with van der Waals surface area (Å²) in [5.41, 5.74) is 0.533. The minimum absolute atomic E-state index is 0.0962. The summed E-state index contributed by atoms with van der Waals surface area (Å²) >= 11 is 0. The molecule has 23 heavy (non-hydrogen) atoms. The van der Waals surface area contributed by atoms with Gasteiger partial charge in [0, 0.05) is 12.6 Å². The van der Waals surface area contributed by atoms with Gasteiger partial charge < -0.3 is 20.1 Å². The van der Waals surface area contributed by atoms with Crippen LogP contribution in [-0.4, -0.2) is 57.1 Å². The number of carbonyl (C=O) groups excluding carboxylic acids is 2. The minimum atomic E-state index is -0.220. The average molecular weight is 323 g/mol. The molecule has 0 aromatic heterocycles. The Hall–Kier alpha value is -2.28. The maximum Gasteiger partial charge on any atom is 0.238 e. The SMILES string of the molecule is CCNC(=O)CN(CC)CC(=O)Nc1cc(OC)ccc1OC. The molecule has 2 amide bonds. The van der Waals surface area contributed by atoms with E-state index in [1.54, 1.807) is 30.2 Å². The number of hydrogen-bond donors (Lipinski definition) is 2. The molecule has 0 saturated carbocycles. The van der Waals surface area contributed by atoms with E-state index in [9.17, 15) is 9.59 Å². The summed E-state index contributed by atoms with van der Waals surface area (Å²) in [4.78, 5) is 25.6. The second-order valence-electron chi connectivity index (χ2n) is 4.87. The zero-order chi connectivity index (χ0) is 17.2. The first kappa shape index (κ1) is 18.8. The third kappa shape index (κ3) is 6.15. The number of likely N-dealkylation sites (N-methyl/N-ethyl adjacent to an activating group) is 2. The predicted molar refractivity (Wildman–Crippen MR) is 89.0 cm³/mol. The topological polar surface area (TPSA) is 79.9 Å². The molecule has 7 heteroatoms. The van der Waals surface area contributed by atoms with E-state index in [1.165, 1.54) is 7.11 Å². The monoisotopic (exact) mass is 323 g/mol. The van der Waals surface area contributed by atoms with Crippen molar-refractivity contribution in [3.8, 4) is 11.5 Å². The van der Waals surface area contributed by atoms with Gasteiger partial charge in [-0.05, 0) is 25.6 Å². The van der Waals surface area contributed by atoms with Crippen molar-refractivity contribution in [1.82, 2.24) is 10.2 Å². The van der Waals surface area contributed by atoms with Gasteiger partial charge in [-0.25, -0.2) is 0 Å². The van der Waals surface area contributed by atoms with Crippen LogP contribution in [0.15, 0.2) is 18.2 Å². The van der Waals surface area contributed by atoms with E-state index in [1.807, 2.05) is 13.8 Å². The lowest BCUT2D eigenvalue weighted by atomic mass is 10.2. The highest BCUT2D eigenvalue weighted by Gasteiger charge is 2.14. The fraction of sp³-hybridized carbons (Fsp3) is 0.500. The molecular weight excluding hydrogens is 298 g/mol. The minimum Gasteiger partial charge on any atom is -0.497 e. The van der Waals surface area contributed by atoms with Gasteiger partial charge in [0.25, 0.3) is 0 Å². The second kappa shape index (κ2) is 9.68. The van der Waals surface area contributed by atoms with Crippen molar-refractivity contribution in [2.45, 2.75) is 13.8 Å². The smallest absolute Gasteiger partial charge is 0.238 e. The van der Waals surface area contributed by atoms with Gasteiger partial charge in [0.2, 0.25) is 11.8 Å². The number of benzene rings is 1. The summed E-state index contributed by atoms with van der Waals surface area (Å²) in [6, 6.07) is 5.17. The number of nitrogens with one attached hydrogen (secondary N) is 2. The molecule has 1 aromatic carbocycles. The third-order valence-corrected chi connectivity index (χ3v) is 3.24. The van der Waals surface area contributed by atoms with Crippen LogP contribution in [0.3, 0.4) is 0 Å². The Morgan fingerprint density at radius 3 is 2.35 bits per heavy atom. The van der Waals surface area contributed by atoms with Gasteiger partial charge in [-0.15, -0.1) is 0 Å². The Morgan fingerprint density at radius 2 is 1.78 bits per heavy atom. The van der Waals surface area contributed by atoms with Gasteiger partial charge in [-0.1, -0.05) is 6.92 Å². The fourth-order valence-electron chi connectivity index (χ4n) is 2.04. The Morgan fingerprint density at radius 1 is 1.09 bits per heavy atom. The van der Waals surface area contributed by atoms with Crippen LogP contribution < -0.4 is 20.1 Å². The van der Waals surface area contributed by atoms with Crippen LogP contribution in [0, 0.1) is 0 Å². The number of ether oxygens (including phenoxy) is 2. The first-order valence-electron chi connectivity index (χ1n) is 7.54. The van der Waals surface area contributed by atoms with Crippen LogP contribution in [0.5, 0.6) is 11.5 Å². The molecule has 7 nitrogen and oxygen atoms in total. The fourth-order valence-corrected chi connectivity index (χ4v) is 2.04. The molecule has 0 atom stereocenters. The summed E-state index contributed by atoms with van der Waals surface area (Å²) < 4.78 is 10.4. The molecule has 0 saturated heterocycles. The maximum atomic E-state index is 12.2.